The zero-order valence-electron chi connectivity index (χ0n) is 13.9. The van der Waals surface area contributed by atoms with Crippen LogP contribution in [-0.2, 0) is 4.79 Å². The standard InChI is InChI=1S/C20H15NO3S2/c1-13-10-11-15(12-16(13)19(23)24)21-18(22)17(26-20(21)25)9-5-8-14-6-3-2-4-7-14/h2-12H,1H3,(H,23,24)/b8-5+,17-9-. The van der Waals surface area contributed by atoms with Crippen LogP contribution in [0.15, 0.2) is 65.6 Å². The first-order chi connectivity index (χ1) is 12.5. The number of thioether (sulfide) groups is 1. The van der Waals surface area contributed by atoms with E-state index < -0.39 is 5.97 Å². The van der Waals surface area contributed by atoms with Gasteiger partial charge < -0.3 is 5.11 Å². The van der Waals surface area contributed by atoms with Crippen molar-refractivity contribution in [1.29, 1.82) is 0 Å². The van der Waals surface area contributed by atoms with E-state index in [0.29, 0.717) is 20.5 Å². The van der Waals surface area contributed by atoms with Crippen LogP contribution in [0.1, 0.15) is 21.5 Å². The molecule has 0 spiro atoms. The lowest BCUT2D eigenvalue weighted by molar-refractivity contribution is -0.113. The van der Waals surface area contributed by atoms with E-state index in [9.17, 15) is 14.7 Å². The molecule has 0 atom stereocenters. The molecule has 0 radical (unpaired) electrons. The van der Waals surface area contributed by atoms with Crippen LogP contribution in [0.3, 0.4) is 0 Å². The number of carbonyl (C=O) groups excluding carboxylic acids is 1. The van der Waals surface area contributed by atoms with Crippen molar-refractivity contribution in [2.75, 3.05) is 4.90 Å². The first-order valence-corrected chi connectivity index (χ1v) is 9.03. The van der Waals surface area contributed by atoms with E-state index in [1.54, 1.807) is 31.2 Å². The Balaban J connectivity index is 1.85. The van der Waals surface area contributed by atoms with Crippen LogP contribution < -0.4 is 4.90 Å². The van der Waals surface area contributed by atoms with Crippen LogP contribution in [0.5, 0.6) is 0 Å². The summed E-state index contributed by atoms with van der Waals surface area (Å²) < 4.78 is 0.384. The fourth-order valence-corrected chi connectivity index (χ4v) is 3.75. The number of anilines is 1. The Bertz CT molecular complexity index is 949. The molecular weight excluding hydrogens is 366 g/mol. The van der Waals surface area contributed by atoms with Gasteiger partial charge in [-0.3, -0.25) is 9.69 Å². The maximum absolute atomic E-state index is 12.7. The van der Waals surface area contributed by atoms with Gasteiger partial charge in [-0.15, -0.1) is 0 Å². The summed E-state index contributed by atoms with van der Waals surface area (Å²) in [6.45, 7) is 1.71. The van der Waals surface area contributed by atoms with Crippen molar-refractivity contribution >= 4 is 51.9 Å². The molecule has 2 aromatic carbocycles. The summed E-state index contributed by atoms with van der Waals surface area (Å²) in [7, 11) is 0. The predicted molar refractivity (Wildman–Crippen MR) is 109 cm³/mol. The number of carboxylic acids is 1. The number of hydrogen-bond acceptors (Lipinski definition) is 4. The third-order valence-corrected chi connectivity index (χ3v) is 5.16. The SMILES string of the molecule is Cc1ccc(N2C(=O)/C(=C/C=C/c3ccccc3)SC2=S)cc1C(=O)O. The monoisotopic (exact) mass is 381 g/mol. The van der Waals surface area contributed by atoms with Crippen molar-refractivity contribution in [2.24, 2.45) is 0 Å². The zero-order chi connectivity index (χ0) is 18.7. The number of carboxylic acid groups (broad SMARTS) is 1. The largest absolute Gasteiger partial charge is 0.478 e. The number of thiocarbonyl (C=S) groups is 1. The van der Waals surface area contributed by atoms with Crippen LogP contribution in [0.4, 0.5) is 5.69 Å². The third-order valence-electron chi connectivity index (χ3n) is 3.84. The van der Waals surface area contributed by atoms with Crippen molar-refractivity contribution in [3.05, 3.63) is 82.3 Å². The smallest absolute Gasteiger partial charge is 0.336 e. The van der Waals surface area contributed by atoms with Crippen LogP contribution in [-0.4, -0.2) is 21.3 Å². The second-order valence-electron chi connectivity index (χ2n) is 5.61. The Morgan fingerprint density at radius 2 is 1.92 bits per heavy atom. The molecule has 0 aromatic heterocycles. The van der Waals surface area contributed by atoms with Gasteiger partial charge in [-0.1, -0.05) is 72.5 Å². The van der Waals surface area contributed by atoms with Gasteiger partial charge in [0.25, 0.3) is 5.91 Å². The van der Waals surface area contributed by atoms with E-state index in [2.05, 4.69) is 0 Å². The predicted octanol–water partition coefficient (Wildman–Crippen LogP) is 4.66. The van der Waals surface area contributed by atoms with Crippen molar-refractivity contribution < 1.29 is 14.7 Å². The Hall–Kier alpha value is -2.70. The second-order valence-corrected chi connectivity index (χ2v) is 7.29. The molecule has 0 bridgehead atoms. The van der Waals surface area contributed by atoms with E-state index in [-0.39, 0.29) is 11.5 Å². The van der Waals surface area contributed by atoms with Crippen molar-refractivity contribution in [1.82, 2.24) is 0 Å². The molecule has 1 fully saturated rings. The van der Waals surface area contributed by atoms with Crippen LogP contribution in [0.25, 0.3) is 6.08 Å². The minimum Gasteiger partial charge on any atom is -0.478 e. The minimum absolute atomic E-state index is 0.157. The van der Waals surface area contributed by atoms with Gasteiger partial charge >= 0.3 is 5.97 Å². The number of hydrogen-bond donors (Lipinski definition) is 1. The molecule has 3 rings (SSSR count). The van der Waals surface area contributed by atoms with E-state index in [4.69, 9.17) is 12.2 Å². The minimum atomic E-state index is -1.03. The number of carbonyl (C=O) groups is 2. The molecule has 1 N–H and O–H groups in total. The summed E-state index contributed by atoms with van der Waals surface area (Å²) in [6.07, 6.45) is 5.43. The molecule has 1 amide bonds. The lowest BCUT2D eigenvalue weighted by atomic mass is 10.1. The van der Waals surface area contributed by atoms with Gasteiger partial charge in [-0.25, -0.2) is 4.79 Å². The van der Waals surface area contributed by atoms with E-state index in [0.717, 1.165) is 5.56 Å². The molecule has 2 aromatic rings. The van der Waals surface area contributed by atoms with Crippen LogP contribution >= 0.6 is 24.0 Å². The van der Waals surface area contributed by atoms with E-state index >= 15 is 0 Å². The highest BCUT2D eigenvalue weighted by molar-refractivity contribution is 8.27. The normalized spacial score (nSPS) is 16.0. The fraction of sp³-hybridized carbons (Fsp3) is 0.0500. The third kappa shape index (κ3) is 3.76. The number of aromatic carboxylic acids is 1. The molecule has 1 aliphatic rings. The molecule has 6 heteroatoms. The van der Waals surface area contributed by atoms with E-state index in [1.807, 2.05) is 36.4 Å². The summed E-state index contributed by atoms with van der Waals surface area (Å²) >= 11 is 6.52. The van der Waals surface area contributed by atoms with Crippen molar-refractivity contribution in [3.63, 3.8) is 0 Å². The Morgan fingerprint density at radius 3 is 2.62 bits per heavy atom. The summed E-state index contributed by atoms with van der Waals surface area (Å²) in [6, 6.07) is 14.6. The highest BCUT2D eigenvalue weighted by Gasteiger charge is 2.33. The molecule has 1 saturated heterocycles. The molecular formula is C20H15NO3S2. The van der Waals surface area contributed by atoms with Crippen molar-refractivity contribution in [3.8, 4) is 0 Å². The van der Waals surface area contributed by atoms with Gasteiger partial charge in [-0.05, 0) is 36.3 Å². The number of aryl methyl sites for hydroxylation is 1. The fourth-order valence-electron chi connectivity index (χ4n) is 2.49. The molecule has 0 unspecified atom stereocenters. The number of rotatable bonds is 4. The highest BCUT2D eigenvalue weighted by Crippen LogP contribution is 2.35. The molecule has 0 saturated carbocycles. The lowest BCUT2D eigenvalue weighted by Gasteiger charge is -2.15. The molecule has 0 aliphatic carbocycles. The van der Waals surface area contributed by atoms with Crippen LogP contribution in [0, 0.1) is 6.92 Å². The summed E-state index contributed by atoms with van der Waals surface area (Å²) in [5.41, 5.74) is 2.28. The average molecular weight is 381 g/mol. The number of amides is 1. The maximum atomic E-state index is 12.7. The van der Waals surface area contributed by atoms with E-state index in [1.165, 1.54) is 22.7 Å². The summed E-state index contributed by atoms with van der Waals surface area (Å²) in [5.74, 6) is -1.28. The average Bonchev–Trinajstić information content (AvgIpc) is 2.90. The molecule has 130 valence electrons. The molecule has 26 heavy (non-hydrogen) atoms. The van der Waals surface area contributed by atoms with Gasteiger partial charge in [0.15, 0.2) is 4.32 Å². The number of allylic oxidation sites excluding steroid dienone is 2. The Morgan fingerprint density at radius 1 is 1.19 bits per heavy atom. The Labute approximate surface area is 160 Å². The first-order valence-electron chi connectivity index (χ1n) is 7.81. The topological polar surface area (TPSA) is 57.6 Å². The van der Waals surface area contributed by atoms with Gasteiger partial charge in [0.2, 0.25) is 0 Å². The molecule has 1 aliphatic heterocycles. The quantitative estimate of drug-likeness (QED) is 0.617. The summed E-state index contributed by atoms with van der Waals surface area (Å²) in [4.78, 5) is 25.9. The molecule has 1 heterocycles. The molecule has 4 nitrogen and oxygen atoms in total. The number of benzene rings is 2. The first kappa shape index (κ1) is 18.1. The maximum Gasteiger partial charge on any atom is 0.336 e. The zero-order valence-corrected chi connectivity index (χ0v) is 15.5. The Kier molecular flexibility index (Phi) is 5.35. The van der Waals surface area contributed by atoms with Gasteiger partial charge in [0.05, 0.1) is 16.2 Å². The highest BCUT2D eigenvalue weighted by atomic mass is 32.2. The summed E-state index contributed by atoms with van der Waals surface area (Å²) in [5, 5.41) is 9.28. The van der Waals surface area contributed by atoms with Gasteiger partial charge in [-0.2, -0.15) is 0 Å². The van der Waals surface area contributed by atoms with Gasteiger partial charge in [0.1, 0.15) is 0 Å². The van der Waals surface area contributed by atoms with Crippen molar-refractivity contribution in [2.45, 2.75) is 6.92 Å². The second kappa shape index (κ2) is 7.68. The lowest BCUT2D eigenvalue weighted by Crippen LogP contribution is -2.27. The van der Waals surface area contributed by atoms with Crippen LogP contribution in [0.2, 0.25) is 0 Å². The number of nitrogens with zero attached hydrogens (tertiary/aromatic N) is 1. The van der Waals surface area contributed by atoms with Gasteiger partial charge in [0, 0.05) is 0 Å².